The summed E-state index contributed by atoms with van der Waals surface area (Å²) in [6.45, 7) is -1.64. The monoisotopic (exact) mass is 616 g/mol. The molecule has 14 heteroatoms. The minimum Gasteiger partial charge on any atom is -0.487 e. The lowest BCUT2D eigenvalue weighted by atomic mass is 10.2. The zero-order valence-electron chi connectivity index (χ0n) is 23.2. The fourth-order valence-electron chi connectivity index (χ4n) is 4.50. The van der Waals surface area contributed by atoms with Crippen molar-refractivity contribution in [3.05, 3.63) is 96.1 Å². The molecule has 2 heterocycles. The Labute approximate surface area is 252 Å². The molecule has 228 valence electrons. The second-order valence-electron chi connectivity index (χ2n) is 10.1. The number of nitrogens with zero attached hydrogens (tertiary/aromatic N) is 2. The number of rotatable bonds is 10. The summed E-state index contributed by atoms with van der Waals surface area (Å²) in [6, 6.07) is 20.9. The van der Waals surface area contributed by atoms with Crippen LogP contribution >= 0.6 is 0 Å². The van der Waals surface area contributed by atoms with E-state index in [1.807, 2.05) is 0 Å². The normalized spacial score (nSPS) is 12.0. The molecule has 6 aromatic rings. The topological polar surface area (TPSA) is 176 Å². The van der Waals surface area contributed by atoms with Gasteiger partial charge in [-0.2, -0.15) is 17.6 Å². The number of aromatic amines is 2. The van der Waals surface area contributed by atoms with Crippen molar-refractivity contribution in [1.82, 2.24) is 19.9 Å². The molecule has 0 amide bonds. The Balaban J connectivity index is 1.09. The first kappa shape index (κ1) is 29.2. The van der Waals surface area contributed by atoms with Crippen LogP contribution in [-0.2, 0) is 0 Å². The van der Waals surface area contributed by atoms with Crippen molar-refractivity contribution in [3.63, 3.8) is 0 Å². The van der Waals surface area contributed by atoms with Crippen LogP contribution in [0.3, 0.4) is 0 Å². The summed E-state index contributed by atoms with van der Waals surface area (Å²) in [5.41, 5.74) is 15.6. The minimum atomic E-state index is -4.89. The van der Waals surface area contributed by atoms with Crippen LogP contribution in [0.2, 0.25) is 0 Å². The third-order valence-corrected chi connectivity index (χ3v) is 6.93. The number of fused-ring (bicyclic) bond motifs is 2. The highest BCUT2D eigenvalue weighted by Crippen LogP contribution is 2.37. The lowest BCUT2D eigenvalue weighted by molar-refractivity contribution is -0.315. The Bertz CT molecular complexity index is 2050. The predicted octanol–water partition coefficient (Wildman–Crippen LogP) is 6.03. The molecule has 0 saturated heterocycles. The number of hydrogen-bond acceptors (Lipinski definition) is 6. The summed E-state index contributed by atoms with van der Waals surface area (Å²) in [6.07, 6.45) is -4.89. The molecule has 0 aliphatic heterocycles. The fraction of sp³-hybridized carbons (Fsp3) is 0.0968. The fourth-order valence-corrected chi connectivity index (χ4v) is 4.50. The number of nitrogens with two attached hydrogens (primary N) is 2. The summed E-state index contributed by atoms with van der Waals surface area (Å²) >= 11 is 0. The van der Waals surface area contributed by atoms with Gasteiger partial charge < -0.3 is 30.9 Å². The average molecular weight is 617 g/mol. The van der Waals surface area contributed by atoms with Crippen LogP contribution in [0, 0.1) is 10.8 Å². The number of nitrogens with one attached hydrogen (secondary N) is 4. The number of ether oxygens (including phenoxy) is 2. The molecular weight excluding hydrogens is 592 g/mol. The second kappa shape index (κ2) is 11.0. The van der Waals surface area contributed by atoms with Crippen molar-refractivity contribution in [2.45, 2.75) is 12.0 Å². The predicted molar refractivity (Wildman–Crippen MR) is 161 cm³/mol. The number of alkyl halides is 4. The van der Waals surface area contributed by atoms with Gasteiger partial charge in [0.2, 0.25) is 0 Å². The Morgan fingerprint density at radius 1 is 0.667 bits per heavy atom. The van der Waals surface area contributed by atoms with Crippen LogP contribution < -0.4 is 20.9 Å². The van der Waals surface area contributed by atoms with Crippen LogP contribution in [-0.4, -0.2) is 50.2 Å². The van der Waals surface area contributed by atoms with Gasteiger partial charge in [0.1, 0.15) is 34.8 Å². The molecular formula is C31H24F4N8O2. The van der Waals surface area contributed by atoms with Gasteiger partial charge in [0.25, 0.3) is 0 Å². The molecule has 2 aromatic heterocycles. The zero-order valence-corrected chi connectivity index (χ0v) is 23.2. The van der Waals surface area contributed by atoms with Crippen LogP contribution in [0.4, 0.5) is 17.6 Å². The van der Waals surface area contributed by atoms with Crippen LogP contribution in [0.15, 0.2) is 84.9 Å². The molecule has 8 N–H and O–H groups in total. The Morgan fingerprint density at radius 3 is 1.56 bits per heavy atom. The summed E-state index contributed by atoms with van der Waals surface area (Å²) in [7, 11) is 0. The molecule has 0 bridgehead atoms. The summed E-state index contributed by atoms with van der Waals surface area (Å²) in [5.74, 6) is -4.55. The first-order valence-corrected chi connectivity index (χ1v) is 13.4. The van der Waals surface area contributed by atoms with Gasteiger partial charge in [0.05, 0.1) is 22.1 Å². The maximum absolute atomic E-state index is 14.6. The van der Waals surface area contributed by atoms with Gasteiger partial charge in [-0.1, -0.05) is 0 Å². The first-order valence-electron chi connectivity index (χ1n) is 13.4. The highest BCUT2D eigenvalue weighted by molar-refractivity contribution is 5.99. The number of amidine groups is 2. The van der Waals surface area contributed by atoms with Crippen molar-refractivity contribution in [2.75, 3.05) is 6.61 Å². The van der Waals surface area contributed by atoms with Crippen molar-refractivity contribution in [1.29, 1.82) is 10.8 Å². The quantitative estimate of drug-likeness (QED) is 0.0622. The number of hydrogen-bond donors (Lipinski definition) is 6. The van der Waals surface area contributed by atoms with Crippen LogP contribution in [0.5, 0.6) is 11.5 Å². The van der Waals surface area contributed by atoms with E-state index in [9.17, 15) is 17.6 Å². The summed E-state index contributed by atoms with van der Waals surface area (Å²) < 4.78 is 67.8. The molecule has 6 rings (SSSR count). The van der Waals surface area contributed by atoms with E-state index in [4.69, 9.17) is 27.0 Å². The third kappa shape index (κ3) is 5.85. The lowest BCUT2D eigenvalue weighted by Crippen LogP contribution is -2.49. The summed E-state index contributed by atoms with van der Waals surface area (Å²) in [4.78, 5) is 15.0. The number of imidazole rings is 2. The SMILES string of the molecule is N=C(N)c1ccc2nc(-c3ccc(OCC(F)(F)C(F)(F)Oc4ccc(-c5nc6ccc(C(=N)N)cc6[nH]5)cc4)cc3)[nH]c2c1. The van der Waals surface area contributed by atoms with Crippen molar-refractivity contribution >= 4 is 33.7 Å². The molecule has 0 fully saturated rings. The minimum absolute atomic E-state index is 0.0604. The number of benzene rings is 4. The van der Waals surface area contributed by atoms with Crippen LogP contribution in [0.25, 0.3) is 44.8 Å². The molecule has 0 aliphatic rings. The van der Waals surface area contributed by atoms with E-state index in [0.717, 1.165) is 12.1 Å². The van der Waals surface area contributed by atoms with Gasteiger partial charge in [-0.05, 0) is 84.9 Å². The smallest absolute Gasteiger partial charge is 0.468 e. The Kier molecular flexibility index (Phi) is 7.11. The Hall–Kier alpha value is -5.92. The molecule has 0 aliphatic carbocycles. The molecule has 0 unspecified atom stereocenters. The number of halogens is 4. The van der Waals surface area contributed by atoms with Crippen molar-refractivity contribution in [3.8, 4) is 34.3 Å². The molecule has 4 aromatic carbocycles. The van der Waals surface area contributed by atoms with Gasteiger partial charge in [0.15, 0.2) is 6.61 Å². The van der Waals surface area contributed by atoms with E-state index >= 15 is 0 Å². The maximum Gasteiger partial charge on any atom is 0.468 e. The molecule has 0 saturated carbocycles. The van der Waals surface area contributed by atoms with E-state index in [2.05, 4.69) is 24.7 Å². The third-order valence-electron chi connectivity index (χ3n) is 6.93. The number of aromatic nitrogens is 4. The maximum atomic E-state index is 14.6. The molecule has 0 atom stereocenters. The highest BCUT2D eigenvalue weighted by atomic mass is 19.3. The lowest BCUT2D eigenvalue weighted by Gasteiger charge is -2.26. The van der Waals surface area contributed by atoms with E-state index in [1.165, 1.54) is 36.4 Å². The zero-order chi connectivity index (χ0) is 31.9. The van der Waals surface area contributed by atoms with E-state index in [1.54, 1.807) is 36.4 Å². The number of nitrogen functional groups attached to an aromatic ring is 2. The highest BCUT2D eigenvalue weighted by Gasteiger charge is 2.60. The van der Waals surface area contributed by atoms with Gasteiger partial charge in [0, 0.05) is 22.3 Å². The van der Waals surface area contributed by atoms with Crippen molar-refractivity contribution < 1.29 is 27.0 Å². The van der Waals surface area contributed by atoms with Gasteiger partial charge in [-0.15, -0.1) is 0 Å². The summed E-state index contributed by atoms with van der Waals surface area (Å²) in [5, 5.41) is 15.1. The largest absolute Gasteiger partial charge is 0.487 e. The molecule has 10 nitrogen and oxygen atoms in total. The van der Waals surface area contributed by atoms with Gasteiger partial charge in [-0.25, -0.2) is 9.97 Å². The standard InChI is InChI=1S/C31H24F4N8O2/c32-30(33,15-44-20-7-1-16(2-8-20)28-40-22-11-5-18(26(36)37)13-24(22)42-28)31(34,35)45-21-9-3-17(4-10-21)29-41-23-12-6-19(27(38)39)14-25(23)43-29/h1-14H,15H2,(H3,36,37)(H3,38,39)(H,40,42)(H,41,43). The second-order valence-corrected chi connectivity index (χ2v) is 10.1. The molecule has 0 spiro atoms. The van der Waals surface area contributed by atoms with Crippen molar-refractivity contribution in [2.24, 2.45) is 11.5 Å². The van der Waals surface area contributed by atoms with Gasteiger partial charge >= 0.3 is 12.0 Å². The Morgan fingerprint density at radius 2 is 1.11 bits per heavy atom. The van der Waals surface area contributed by atoms with E-state index in [0.29, 0.717) is 56.0 Å². The van der Waals surface area contributed by atoms with Crippen LogP contribution in [0.1, 0.15) is 11.1 Å². The first-order chi connectivity index (χ1) is 21.4. The average Bonchev–Trinajstić information content (AvgIpc) is 3.64. The number of H-pyrrole nitrogens is 2. The van der Waals surface area contributed by atoms with E-state index < -0.39 is 24.4 Å². The van der Waals surface area contributed by atoms with E-state index in [-0.39, 0.29) is 17.4 Å². The molecule has 0 radical (unpaired) electrons. The van der Waals surface area contributed by atoms with Gasteiger partial charge in [-0.3, -0.25) is 10.8 Å². The molecule has 45 heavy (non-hydrogen) atoms.